The molecule has 112 valence electrons. The molecule has 0 aromatic heterocycles. The monoisotopic (exact) mass is 323 g/mol. The van der Waals surface area contributed by atoms with Crippen LogP contribution in [0.25, 0.3) is 0 Å². The topological polar surface area (TPSA) is 63.7 Å². The molecule has 0 radical (unpaired) electrons. The van der Waals surface area contributed by atoms with E-state index in [2.05, 4.69) is 0 Å². The molecule has 0 aliphatic carbocycles. The molecule has 0 saturated heterocycles. The Morgan fingerprint density at radius 3 is 2.55 bits per heavy atom. The molecule has 0 atom stereocenters. The van der Waals surface area contributed by atoms with Gasteiger partial charge in [-0.2, -0.15) is 0 Å². The first-order chi connectivity index (χ1) is 9.18. The van der Waals surface area contributed by atoms with Crippen molar-refractivity contribution in [3.63, 3.8) is 0 Å². The summed E-state index contributed by atoms with van der Waals surface area (Å²) in [7, 11) is 4.17. The predicted molar refractivity (Wildman–Crippen MR) is 73.0 cm³/mol. The number of benzene rings is 1. The van der Waals surface area contributed by atoms with E-state index in [4.69, 9.17) is 15.4 Å². The minimum atomic E-state index is -4.04. The number of nitrogens with zero attached hydrogens (tertiary/aromatic N) is 1. The van der Waals surface area contributed by atoms with Crippen molar-refractivity contribution in [2.45, 2.75) is 11.8 Å². The minimum Gasteiger partial charge on any atom is -0.383 e. The zero-order valence-corrected chi connectivity index (χ0v) is 12.9. The first kappa shape index (κ1) is 16.9. The van der Waals surface area contributed by atoms with Crippen molar-refractivity contribution >= 4 is 25.6 Å². The Balaban J connectivity index is 3.22. The molecule has 0 aliphatic heterocycles. The molecule has 1 amide bonds. The number of carbonyl (C=O) groups is 1. The fourth-order valence-corrected chi connectivity index (χ4v) is 2.82. The van der Waals surface area contributed by atoms with E-state index in [0.717, 1.165) is 12.1 Å². The summed E-state index contributed by atoms with van der Waals surface area (Å²) >= 11 is 0. The van der Waals surface area contributed by atoms with Gasteiger partial charge in [0.2, 0.25) is 0 Å². The Morgan fingerprint density at radius 2 is 2.05 bits per heavy atom. The Hall–Kier alpha value is -1.18. The maximum Gasteiger partial charge on any atom is 0.261 e. The fourth-order valence-electron chi connectivity index (χ4n) is 1.61. The van der Waals surface area contributed by atoms with Gasteiger partial charge in [0, 0.05) is 31.4 Å². The number of rotatable bonds is 5. The number of amides is 1. The van der Waals surface area contributed by atoms with Crippen molar-refractivity contribution in [2.75, 3.05) is 27.3 Å². The lowest BCUT2D eigenvalue weighted by molar-refractivity contribution is 0.0739. The van der Waals surface area contributed by atoms with Crippen molar-refractivity contribution < 1.29 is 22.3 Å². The lowest BCUT2D eigenvalue weighted by Crippen LogP contribution is -2.30. The summed E-state index contributed by atoms with van der Waals surface area (Å²) in [5, 5.41) is 0. The molecule has 0 aliphatic rings. The molecule has 0 spiro atoms. The number of hydrogen-bond acceptors (Lipinski definition) is 4. The molecule has 0 saturated carbocycles. The first-order valence-electron chi connectivity index (χ1n) is 5.67. The Kier molecular flexibility index (Phi) is 5.50. The summed E-state index contributed by atoms with van der Waals surface area (Å²) in [6, 6.07) is 1.94. The maximum absolute atomic E-state index is 13.8. The van der Waals surface area contributed by atoms with Gasteiger partial charge in [-0.25, -0.2) is 12.8 Å². The molecular formula is C12H15ClFNO4S. The molecular weight excluding hydrogens is 309 g/mol. The van der Waals surface area contributed by atoms with E-state index in [1.165, 1.54) is 26.0 Å². The van der Waals surface area contributed by atoms with Gasteiger partial charge in [-0.3, -0.25) is 4.79 Å². The summed E-state index contributed by atoms with van der Waals surface area (Å²) in [5.41, 5.74) is -0.193. The number of methoxy groups -OCH3 is 1. The quantitative estimate of drug-likeness (QED) is 0.775. The molecule has 1 aromatic rings. The number of hydrogen-bond donors (Lipinski definition) is 0. The van der Waals surface area contributed by atoms with Crippen molar-refractivity contribution in [1.29, 1.82) is 0 Å². The third kappa shape index (κ3) is 3.91. The van der Waals surface area contributed by atoms with Gasteiger partial charge < -0.3 is 9.64 Å². The smallest absolute Gasteiger partial charge is 0.261 e. The number of carbonyl (C=O) groups excluding carboxylic acids is 1. The van der Waals surface area contributed by atoms with Crippen LogP contribution in [0.2, 0.25) is 0 Å². The van der Waals surface area contributed by atoms with Crippen LogP contribution in [0.5, 0.6) is 0 Å². The van der Waals surface area contributed by atoms with Crippen LogP contribution in [0.1, 0.15) is 15.9 Å². The third-order valence-electron chi connectivity index (χ3n) is 2.74. The zero-order chi connectivity index (χ0) is 15.5. The lowest BCUT2D eigenvalue weighted by Gasteiger charge is -2.17. The average molecular weight is 324 g/mol. The van der Waals surface area contributed by atoms with Crippen LogP contribution in [0.3, 0.4) is 0 Å². The molecule has 20 heavy (non-hydrogen) atoms. The number of ether oxygens (including phenoxy) is 1. The highest BCUT2D eigenvalue weighted by molar-refractivity contribution is 8.13. The molecule has 0 unspecified atom stereocenters. The second-order valence-electron chi connectivity index (χ2n) is 4.25. The second kappa shape index (κ2) is 6.51. The summed E-state index contributed by atoms with van der Waals surface area (Å²) in [6.45, 7) is 1.95. The van der Waals surface area contributed by atoms with E-state index in [1.807, 2.05) is 0 Å². The van der Waals surface area contributed by atoms with Crippen LogP contribution in [0, 0.1) is 12.7 Å². The highest BCUT2D eigenvalue weighted by atomic mass is 35.7. The summed E-state index contributed by atoms with van der Waals surface area (Å²) in [6.07, 6.45) is 0. The van der Waals surface area contributed by atoms with Crippen LogP contribution < -0.4 is 0 Å². The van der Waals surface area contributed by atoms with Crippen molar-refractivity contribution in [2.24, 2.45) is 0 Å². The summed E-state index contributed by atoms with van der Waals surface area (Å²) < 4.78 is 41.4. The molecule has 1 rings (SSSR count). The second-order valence-corrected chi connectivity index (χ2v) is 6.79. The molecule has 5 nitrogen and oxygen atoms in total. The van der Waals surface area contributed by atoms with E-state index in [0.29, 0.717) is 0 Å². The highest BCUT2D eigenvalue weighted by Crippen LogP contribution is 2.24. The van der Waals surface area contributed by atoms with E-state index >= 15 is 0 Å². The van der Waals surface area contributed by atoms with Gasteiger partial charge in [0.1, 0.15) is 5.82 Å². The Labute approximate surface area is 121 Å². The van der Waals surface area contributed by atoms with Crippen molar-refractivity contribution in [1.82, 2.24) is 4.90 Å². The summed E-state index contributed by atoms with van der Waals surface area (Å²) in [4.78, 5) is 13.0. The van der Waals surface area contributed by atoms with Gasteiger partial charge in [0.25, 0.3) is 15.0 Å². The fraction of sp³-hybridized carbons (Fsp3) is 0.417. The zero-order valence-electron chi connectivity index (χ0n) is 11.3. The predicted octanol–water partition coefficient (Wildman–Crippen LogP) is 1.78. The maximum atomic E-state index is 13.8. The van der Waals surface area contributed by atoms with E-state index in [9.17, 15) is 17.6 Å². The number of likely N-dealkylation sites (N-methyl/N-ethyl adjacent to an activating group) is 1. The van der Waals surface area contributed by atoms with Crippen LogP contribution >= 0.6 is 10.7 Å². The van der Waals surface area contributed by atoms with Gasteiger partial charge in [0.05, 0.1) is 17.1 Å². The third-order valence-corrected chi connectivity index (χ3v) is 4.20. The Morgan fingerprint density at radius 1 is 1.45 bits per heavy atom. The van der Waals surface area contributed by atoms with Gasteiger partial charge in [-0.05, 0) is 24.6 Å². The highest BCUT2D eigenvalue weighted by Gasteiger charge is 2.22. The van der Waals surface area contributed by atoms with E-state index in [-0.39, 0.29) is 29.2 Å². The van der Waals surface area contributed by atoms with Crippen LogP contribution in [-0.4, -0.2) is 46.5 Å². The number of aryl methyl sites for hydroxylation is 1. The SMILES string of the molecule is COCCN(C)C(=O)c1cc(S(=O)(=O)Cl)c(C)cc1F. The first-order valence-corrected chi connectivity index (χ1v) is 7.98. The molecule has 0 N–H and O–H groups in total. The molecule has 8 heteroatoms. The summed E-state index contributed by atoms with van der Waals surface area (Å²) in [5.74, 6) is -1.43. The van der Waals surface area contributed by atoms with E-state index in [1.54, 1.807) is 0 Å². The molecule has 0 heterocycles. The molecule has 0 fully saturated rings. The number of halogens is 2. The van der Waals surface area contributed by atoms with Gasteiger partial charge >= 0.3 is 0 Å². The van der Waals surface area contributed by atoms with Crippen LogP contribution in [0.15, 0.2) is 17.0 Å². The average Bonchev–Trinajstić information content (AvgIpc) is 2.33. The Bertz CT molecular complexity index is 618. The van der Waals surface area contributed by atoms with Crippen molar-refractivity contribution in [3.8, 4) is 0 Å². The molecule has 1 aromatic carbocycles. The van der Waals surface area contributed by atoms with Gasteiger partial charge in [-0.15, -0.1) is 0 Å². The van der Waals surface area contributed by atoms with Crippen LogP contribution in [-0.2, 0) is 13.8 Å². The van der Waals surface area contributed by atoms with Crippen LogP contribution in [0.4, 0.5) is 4.39 Å². The van der Waals surface area contributed by atoms with Crippen molar-refractivity contribution in [3.05, 3.63) is 29.1 Å². The van der Waals surface area contributed by atoms with Gasteiger partial charge in [0.15, 0.2) is 0 Å². The largest absolute Gasteiger partial charge is 0.383 e. The standard InChI is InChI=1S/C12H15ClFNO4S/c1-8-6-10(14)9(7-11(8)20(13,17)18)12(16)15(2)4-5-19-3/h6-7H,4-5H2,1-3H3. The molecule has 0 bridgehead atoms. The normalized spacial score (nSPS) is 11.4. The lowest BCUT2D eigenvalue weighted by atomic mass is 10.1. The van der Waals surface area contributed by atoms with Gasteiger partial charge in [-0.1, -0.05) is 0 Å². The van der Waals surface area contributed by atoms with E-state index < -0.39 is 20.8 Å². The minimum absolute atomic E-state index is 0.147.